The maximum absolute atomic E-state index is 8.74. The van der Waals surface area contributed by atoms with E-state index in [-0.39, 0.29) is 68.2 Å². The van der Waals surface area contributed by atoms with Crippen LogP contribution in [0.4, 0.5) is 0 Å². The molecule has 0 rings (SSSR count). The van der Waals surface area contributed by atoms with Crippen LogP contribution in [0.1, 0.15) is 2.85 Å². The maximum atomic E-state index is 8.74. The maximum Gasteiger partial charge on any atom is 2.00 e. The van der Waals surface area contributed by atoms with Gasteiger partial charge in [-0.25, -0.2) is 0 Å². The third-order valence-corrected chi connectivity index (χ3v) is 0. The minimum absolute atomic E-state index is 0. The van der Waals surface area contributed by atoms with Crippen LogP contribution in [0.3, 0.4) is 0 Å². The molecule has 0 aromatic rings. The Kier molecular flexibility index (Phi) is 100. The van der Waals surface area contributed by atoms with Crippen LogP contribution in [0, 0.1) is 0 Å². The molecule has 0 saturated carbocycles. The molecule has 0 fully saturated rings. The Morgan fingerprint density at radius 2 is 1.38 bits per heavy atom. The van der Waals surface area contributed by atoms with E-state index in [0.29, 0.717) is 0 Å². The fourth-order valence-electron chi connectivity index (χ4n) is 0. The molecule has 0 bridgehead atoms. The van der Waals surface area contributed by atoms with Gasteiger partial charge in [0.1, 0.15) is 0 Å². The molecule has 8 heteroatoms. The Balaban J connectivity index is -0.00000000300. The van der Waals surface area contributed by atoms with E-state index in [1.807, 2.05) is 0 Å². The first-order valence-electron chi connectivity index (χ1n) is 0.651. The monoisotopic (exact) mass is 216 g/mol. The van der Waals surface area contributed by atoms with E-state index in [2.05, 4.69) is 0 Å². The molecule has 0 saturated heterocycles. The third kappa shape index (κ3) is 141. The van der Waals surface area contributed by atoms with Crippen LogP contribution in [-0.4, -0.2) is 64.7 Å². The largest absolute Gasteiger partial charge is 2.00 e. The summed E-state index contributed by atoms with van der Waals surface area (Å²) in [6, 6.07) is 0. The van der Waals surface area contributed by atoms with Gasteiger partial charge in [-0.1, -0.05) is 0 Å². The molecule has 0 aliphatic rings. The normalized spacial score (nSPS) is 3.00. The van der Waals surface area contributed by atoms with E-state index in [4.69, 9.17) is 14.1 Å². The zero-order valence-electron chi connectivity index (χ0n) is 5.72. The molecule has 0 aliphatic heterocycles. The molecule has 8 heavy (non-hydrogen) atoms. The van der Waals surface area contributed by atoms with Crippen LogP contribution in [0.2, 0.25) is 0 Å². The Labute approximate surface area is 90.9 Å². The zero-order valence-corrected chi connectivity index (χ0v) is 9.10. The van der Waals surface area contributed by atoms with Crippen molar-refractivity contribution in [1.29, 1.82) is 0 Å². The van der Waals surface area contributed by atoms with Crippen molar-refractivity contribution in [2.24, 2.45) is 0 Å². The van der Waals surface area contributed by atoms with Crippen LogP contribution in [0.25, 0.3) is 0 Å². The predicted molar refractivity (Wildman–Crippen MR) is 32.4 cm³/mol. The molecule has 4 N–H and O–H groups in total. The molecule has 0 heterocycles. The summed E-state index contributed by atoms with van der Waals surface area (Å²) in [6.45, 7) is 0. The van der Waals surface area contributed by atoms with Crippen molar-refractivity contribution in [3.63, 3.8) is 0 Å². The molecule has 44 valence electrons. The van der Waals surface area contributed by atoms with Gasteiger partial charge in [0.25, 0.3) is 0 Å². The van der Waals surface area contributed by atoms with Gasteiger partial charge in [-0.3, -0.25) is 4.46 Å². The third-order valence-electron chi connectivity index (χ3n) is 0. The molecular weight excluding hydrogens is 209 g/mol. The summed E-state index contributed by atoms with van der Waals surface area (Å²) in [5.74, 6) is 0. The van der Waals surface area contributed by atoms with Gasteiger partial charge >= 0.3 is 32.2 Å². The summed E-state index contributed by atoms with van der Waals surface area (Å²) in [6.07, 6.45) is 0. The average Bonchev–Trinajstić information content (AvgIpc) is 0.811. The molecule has 0 atom stereocenters. The van der Waals surface area contributed by atoms with Gasteiger partial charge in [0.15, 0.2) is 17.4 Å². The van der Waals surface area contributed by atoms with E-state index in [0.717, 1.165) is 0 Å². The summed E-state index contributed by atoms with van der Waals surface area (Å²) in [5, 5.41) is 0. The molecule has 0 aromatic carbocycles. The van der Waals surface area contributed by atoms with Crippen LogP contribution >= 0.6 is 0 Å². The Bertz CT molecular complexity index is 46.2. The fourth-order valence-corrected chi connectivity index (χ4v) is 0. The molecule has 0 aliphatic carbocycles. The molecule has 4 nitrogen and oxygen atoms in total. The summed E-state index contributed by atoms with van der Waals surface area (Å²) < 4.78 is 8.74. The molecule has 0 spiro atoms. The second-order valence-corrected chi connectivity index (χ2v) is 0.848. The van der Waals surface area contributed by atoms with Gasteiger partial charge in [-0.2, -0.15) is 0 Å². The first-order chi connectivity index (χ1) is 1.73. The summed E-state index contributed by atoms with van der Waals surface area (Å²) in [5.41, 5.74) is 0. The van der Waals surface area contributed by atoms with Crippen molar-refractivity contribution >= 4 is 49.6 Å². The van der Waals surface area contributed by atoms with E-state index in [1.165, 1.54) is 0 Å². The van der Waals surface area contributed by atoms with Crippen molar-refractivity contribution < 1.29 is 41.9 Å². The molecule has 0 radical (unpaired) electrons. The van der Waals surface area contributed by atoms with Gasteiger partial charge < -0.3 is 17.9 Å². The number of rotatable bonds is 0. The number of hydrogen-bond acceptors (Lipinski definition) is 1. The quantitative estimate of drug-likeness (QED) is 0.409. The average molecular weight is 218 g/mol. The zero-order chi connectivity index (χ0) is 3.58. The Morgan fingerprint density at radius 1 is 1.38 bits per heavy atom. The van der Waals surface area contributed by atoms with Gasteiger partial charge in [0.2, 0.25) is 0 Å². The van der Waals surface area contributed by atoms with E-state index >= 15 is 0 Å². The molecule has 0 aromatic heterocycles. The topological polar surface area (TPSA) is 89.0 Å². The number of hydrogen-bond donors (Lipinski definition) is 2. The standard InChI is InChI=1S/Al.Mg.H2O3Si.H2O.Zn.5H/c;;1-4(2)3;;;;;;;/h;;1-2H;1H2;;;;;;/q;+2;;;;;;;2*-1. The van der Waals surface area contributed by atoms with Crippen molar-refractivity contribution in [3.05, 3.63) is 0 Å². The minimum Gasteiger partial charge on any atom is -1.00 e. The predicted octanol–water partition coefficient (Wildman–Crippen LogP) is -3.78. The van der Waals surface area contributed by atoms with Gasteiger partial charge in [0, 0.05) is 19.5 Å². The Hall–Kier alpha value is 1.50. The van der Waals surface area contributed by atoms with Crippen molar-refractivity contribution in [2.45, 2.75) is 0 Å². The second-order valence-electron chi connectivity index (χ2n) is 0.283. The summed E-state index contributed by atoms with van der Waals surface area (Å²) in [4.78, 5) is 14.3. The smallest absolute Gasteiger partial charge is 1.00 e. The van der Waals surface area contributed by atoms with Crippen molar-refractivity contribution in [3.8, 4) is 0 Å². The van der Waals surface area contributed by atoms with Crippen LogP contribution in [-0.2, 0) is 23.9 Å². The van der Waals surface area contributed by atoms with E-state index < -0.39 is 9.17 Å². The van der Waals surface area contributed by atoms with Crippen LogP contribution in [0.15, 0.2) is 0 Å². The molecule has 0 unspecified atom stereocenters. The van der Waals surface area contributed by atoms with Crippen LogP contribution < -0.4 is 0 Å². The molecule has 0 amide bonds. The SMILES string of the molecule is O.O=[Si](O)O.[AlH3].[H-].[H-].[Mg+2].[Zn]. The molecular formula is H9AlMgO4SiZn. The van der Waals surface area contributed by atoms with Gasteiger partial charge in [-0.15, -0.1) is 0 Å². The second kappa shape index (κ2) is 23.6. The van der Waals surface area contributed by atoms with Gasteiger partial charge in [0.05, 0.1) is 0 Å². The van der Waals surface area contributed by atoms with Crippen molar-refractivity contribution in [1.82, 2.24) is 0 Å². The fraction of sp³-hybridized carbons (Fsp3) is 0. The Morgan fingerprint density at radius 3 is 1.38 bits per heavy atom. The van der Waals surface area contributed by atoms with E-state index in [1.54, 1.807) is 0 Å². The van der Waals surface area contributed by atoms with Crippen molar-refractivity contribution in [2.75, 3.05) is 0 Å². The first-order valence-corrected chi connectivity index (χ1v) is 1.95. The summed E-state index contributed by atoms with van der Waals surface area (Å²) >= 11 is 0. The van der Waals surface area contributed by atoms with Gasteiger partial charge in [-0.05, 0) is 0 Å². The summed E-state index contributed by atoms with van der Waals surface area (Å²) in [7, 11) is -3.13. The van der Waals surface area contributed by atoms with Crippen LogP contribution in [0.5, 0.6) is 0 Å². The van der Waals surface area contributed by atoms with E-state index in [9.17, 15) is 0 Å². The first kappa shape index (κ1) is 33.9. The minimum atomic E-state index is -3.13.